The van der Waals surface area contributed by atoms with Gasteiger partial charge in [0.1, 0.15) is 5.75 Å². The van der Waals surface area contributed by atoms with Gasteiger partial charge in [-0.1, -0.05) is 18.2 Å². The molecule has 0 saturated carbocycles. The predicted octanol–water partition coefficient (Wildman–Crippen LogP) is 2.29. The van der Waals surface area contributed by atoms with Crippen LogP contribution in [0.4, 0.5) is 4.79 Å². The second-order valence-corrected chi connectivity index (χ2v) is 4.31. The van der Waals surface area contributed by atoms with Gasteiger partial charge >= 0.3 is 6.03 Å². The van der Waals surface area contributed by atoms with Crippen molar-refractivity contribution in [1.82, 2.24) is 10.2 Å². The number of amides is 2. The van der Waals surface area contributed by atoms with Gasteiger partial charge in [0.25, 0.3) is 0 Å². The van der Waals surface area contributed by atoms with Crippen LogP contribution in [0, 0.1) is 0 Å². The SMILES string of the molecule is CCNC(=O)N(C)[C@H](C)Cc1ccccc1OC. The summed E-state index contributed by atoms with van der Waals surface area (Å²) in [6, 6.07) is 7.97. The molecule has 1 aromatic carbocycles. The zero-order valence-electron chi connectivity index (χ0n) is 11.6. The molecule has 1 atom stereocenters. The molecule has 0 aromatic heterocycles. The Balaban J connectivity index is 2.69. The maximum Gasteiger partial charge on any atom is 0.317 e. The van der Waals surface area contributed by atoms with Crippen molar-refractivity contribution >= 4 is 6.03 Å². The van der Waals surface area contributed by atoms with E-state index in [2.05, 4.69) is 5.32 Å². The van der Waals surface area contributed by atoms with Crippen molar-refractivity contribution in [3.05, 3.63) is 29.8 Å². The van der Waals surface area contributed by atoms with E-state index in [-0.39, 0.29) is 12.1 Å². The molecule has 0 unspecified atom stereocenters. The topological polar surface area (TPSA) is 41.6 Å². The third-order valence-electron chi connectivity index (χ3n) is 3.02. The zero-order valence-corrected chi connectivity index (χ0v) is 11.6. The van der Waals surface area contributed by atoms with Gasteiger partial charge in [-0.3, -0.25) is 0 Å². The summed E-state index contributed by atoms with van der Waals surface area (Å²) in [5, 5.41) is 2.80. The highest BCUT2D eigenvalue weighted by Gasteiger charge is 2.16. The molecule has 1 N–H and O–H groups in total. The first-order valence-electron chi connectivity index (χ1n) is 6.22. The van der Waals surface area contributed by atoms with Crippen LogP contribution in [0.5, 0.6) is 5.75 Å². The molecule has 4 heteroatoms. The fraction of sp³-hybridized carbons (Fsp3) is 0.500. The van der Waals surface area contributed by atoms with Crippen LogP contribution in [0.3, 0.4) is 0 Å². The van der Waals surface area contributed by atoms with Crippen LogP contribution in [0.1, 0.15) is 19.4 Å². The van der Waals surface area contributed by atoms with Gasteiger partial charge < -0.3 is 15.0 Å². The number of nitrogens with zero attached hydrogens (tertiary/aromatic N) is 1. The molecule has 0 aliphatic rings. The van der Waals surface area contributed by atoms with Gasteiger partial charge in [-0.05, 0) is 31.9 Å². The second kappa shape index (κ2) is 6.89. The molecule has 1 aromatic rings. The van der Waals surface area contributed by atoms with Crippen molar-refractivity contribution in [1.29, 1.82) is 0 Å². The second-order valence-electron chi connectivity index (χ2n) is 4.31. The number of benzene rings is 1. The van der Waals surface area contributed by atoms with Crippen LogP contribution in [0.15, 0.2) is 24.3 Å². The van der Waals surface area contributed by atoms with E-state index < -0.39 is 0 Å². The molecular weight excluding hydrogens is 228 g/mol. The third kappa shape index (κ3) is 3.65. The Bertz CT molecular complexity index is 393. The fourth-order valence-electron chi connectivity index (χ4n) is 1.80. The summed E-state index contributed by atoms with van der Waals surface area (Å²) in [6.07, 6.45) is 0.775. The van der Waals surface area contributed by atoms with E-state index in [1.165, 1.54) is 0 Å². The quantitative estimate of drug-likeness (QED) is 0.871. The van der Waals surface area contributed by atoms with E-state index in [9.17, 15) is 4.79 Å². The predicted molar refractivity (Wildman–Crippen MR) is 73.0 cm³/mol. The van der Waals surface area contributed by atoms with Gasteiger partial charge in [0.15, 0.2) is 0 Å². The van der Waals surface area contributed by atoms with Crippen LogP contribution in [-0.2, 0) is 6.42 Å². The molecule has 0 fully saturated rings. The average molecular weight is 250 g/mol. The van der Waals surface area contributed by atoms with E-state index in [4.69, 9.17) is 4.74 Å². The molecule has 1 rings (SSSR count). The number of carbonyl (C=O) groups is 1. The molecule has 2 amide bonds. The zero-order chi connectivity index (χ0) is 13.5. The highest BCUT2D eigenvalue weighted by Crippen LogP contribution is 2.20. The Morgan fingerprint density at radius 2 is 2.11 bits per heavy atom. The highest BCUT2D eigenvalue weighted by atomic mass is 16.5. The minimum atomic E-state index is -0.0418. The lowest BCUT2D eigenvalue weighted by Gasteiger charge is -2.25. The number of para-hydroxylation sites is 1. The van der Waals surface area contributed by atoms with Crippen LogP contribution in [0.2, 0.25) is 0 Å². The molecule has 0 aliphatic heterocycles. The van der Waals surface area contributed by atoms with Crippen molar-refractivity contribution in [2.45, 2.75) is 26.3 Å². The molecule has 0 bridgehead atoms. The molecule has 0 spiro atoms. The number of ether oxygens (including phenoxy) is 1. The lowest BCUT2D eigenvalue weighted by molar-refractivity contribution is 0.194. The van der Waals surface area contributed by atoms with Crippen LogP contribution < -0.4 is 10.1 Å². The Hall–Kier alpha value is -1.71. The number of urea groups is 1. The van der Waals surface area contributed by atoms with Gasteiger partial charge in [0, 0.05) is 19.6 Å². The molecule has 0 heterocycles. The summed E-state index contributed by atoms with van der Waals surface area (Å²) >= 11 is 0. The third-order valence-corrected chi connectivity index (χ3v) is 3.02. The standard InChI is InChI=1S/C14H22N2O2/c1-5-15-14(17)16(3)11(2)10-12-8-6-7-9-13(12)18-4/h6-9,11H,5,10H2,1-4H3,(H,15,17)/t11-/m1/s1. The van der Waals surface area contributed by atoms with Gasteiger partial charge in [0.2, 0.25) is 0 Å². The largest absolute Gasteiger partial charge is 0.496 e. The number of carbonyl (C=O) groups excluding carboxylic acids is 1. The summed E-state index contributed by atoms with van der Waals surface area (Å²) in [5.41, 5.74) is 1.11. The number of methoxy groups -OCH3 is 1. The average Bonchev–Trinajstić information content (AvgIpc) is 2.38. The summed E-state index contributed by atoms with van der Waals surface area (Å²) in [6.45, 7) is 4.59. The van der Waals surface area contributed by atoms with Gasteiger partial charge in [0.05, 0.1) is 7.11 Å². The summed E-state index contributed by atoms with van der Waals surface area (Å²) in [5.74, 6) is 0.869. The molecule has 4 nitrogen and oxygen atoms in total. The normalized spacial score (nSPS) is 11.8. The van der Waals surface area contributed by atoms with Crippen molar-refractivity contribution in [3.8, 4) is 5.75 Å². The Kier molecular flexibility index (Phi) is 5.49. The van der Waals surface area contributed by atoms with Crippen molar-refractivity contribution in [3.63, 3.8) is 0 Å². The molecule has 0 aliphatic carbocycles. The maximum atomic E-state index is 11.7. The highest BCUT2D eigenvalue weighted by molar-refractivity contribution is 5.74. The maximum absolute atomic E-state index is 11.7. The van der Waals surface area contributed by atoms with E-state index in [0.717, 1.165) is 17.7 Å². The first-order valence-corrected chi connectivity index (χ1v) is 6.22. The summed E-state index contributed by atoms with van der Waals surface area (Å²) < 4.78 is 5.31. The fourth-order valence-corrected chi connectivity index (χ4v) is 1.80. The number of nitrogens with one attached hydrogen (secondary N) is 1. The minimum absolute atomic E-state index is 0.0418. The van der Waals surface area contributed by atoms with Crippen molar-refractivity contribution < 1.29 is 9.53 Å². The minimum Gasteiger partial charge on any atom is -0.496 e. The van der Waals surface area contributed by atoms with E-state index in [1.807, 2.05) is 45.2 Å². The molecule has 0 radical (unpaired) electrons. The Morgan fingerprint density at radius 1 is 1.44 bits per heavy atom. The lowest BCUT2D eigenvalue weighted by Crippen LogP contribution is -2.43. The van der Waals surface area contributed by atoms with Crippen molar-refractivity contribution in [2.24, 2.45) is 0 Å². The smallest absolute Gasteiger partial charge is 0.317 e. The summed E-state index contributed by atoms with van der Waals surface area (Å²) in [4.78, 5) is 13.4. The molecule has 100 valence electrons. The van der Waals surface area contributed by atoms with Gasteiger partial charge in [-0.25, -0.2) is 4.79 Å². The van der Waals surface area contributed by atoms with E-state index >= 15 is 0 Å². The van der Waals surface area contributed by atoms with Crippen LogP contribution in [0.25, 0.3) is 0 Å². The number of rotatable bonds is 5. The summed E-state index contributed by atoms with van der Waals surface area (Å²) in [7, 11) is 3.47. The van der Waals surface area contributed by atoms with Crippen molar-refractivity contribution in [2.75, 3.05) is 20.7 Å². The molecule has 0 saturated heterocycles. The van der Waals surface area contributed by atoms with E-state index in [0.29, 0.717) is 6.54 Å². The Morgan fingerprint density at radius 3 is 2.72 bits per heavy atom. The van der Waals surface area contributed by atoms with E-state index in [1.54, 1.807) is 12.0 Å². The van der Waals surface area contributed by atoms with Crippen LogP contribution >= 0.6 is 0 Å². The first-order chi connectivity index (χ1) is 8.60. The molecule has 18 heavy (non-hydrogen) atoms. The van der Waals surface area contributed by atoms with Gasteiger partial charge in [-0.15, -0.1) is 0 Å². The molecular formula is C14H22N2O2. The monoisotopic (exact) mass is 250 g/mol. The van der Waals surface area contributed by atoms with Crippen LogP contribution in [-0.4, -0.2) is 37.7 Å². The lowest BCUT2D eigenvalue weighted by atomic mass is 10.1. The first kappa shape index (κ1) is 14.4. The Labute approximate surface area is 109 Å². The number of hydrogen-bond donors (Lipinski definition) is 1. The van der Waals surface area contributed by atoms with Gasteiger partial charge in [-0.2, -0.15) is 0 Å². The number of hydrogen-bond acceptors (Lipinski definition) is 2. The number of likely N-dealkylation sites (N-methyl/N-ethyl adjacent to an activating group) is 1.